The summed E-state index contributed by atoms with van der Waals surface area (Å²) in [4.78, 5) is 13.7. The van der Waals surface area contributed by atoms with E-state index in [1.165, 1.54) is 27.4 Å². The summed E-state index contributed by atoms with van der Waals surface area (Å²) in [6, 6.07) is 59.0. The molecule has 0 aliphatic carbocycles. The minimum Gasteiger partial charge on any atom is -0.309 e. The number of benzene rings is 7. The van der Waals surface area contributed by atoms with Gasteiger partial charge in [0.2, 0.25) is 0 Å². The highest BCUT2D eigenvalue weighted by Gasteiger charge is 2.14. The topological polar surface area (TPSA) is 26.9 Å². The molecule has 0 bridgehead atoms. The molecule has 7 aromatic carbocycles. The van der Waals surface area contributed by atoms with Crippen molar-refractivity contribution in [1.29, 1.82) is 0 Å². The molecule has 46 heavy (non-hydrogen) atoms. The van der Waals surface area contributed by atoms with Gasteiger partial charge in [-0.3, -0.25) is 9.36 Å². The Morgan fingerprint density at radius 1 is 0.304 bits per heavy atom. The lowest BCUT2D eigenvalue weighted by Crippen LogP contribution is -2.19. The molecular weight excluding hydrogens is 560 g/mol. The first-order valence-corrected chi connectivity index (χ1v) is 15.6. The van der Waals surface area contributed by atoms with Gasteiger partial charge in [0.05, 0.1) is 16.6 Å². The highest BCUT2D eigenvalue weighted by atomic mass is 16.1. The van der Waals surface area contributed by atoms with E-state index in [1.54, 1.807) is 0 Å². The van der Waals surface area contributed by atoms with Crippen molar-refractivity contribution in [1.82, 2.24) is 9.13 Å². The van der Waals surface area contributed by atoms with Crippen LogP contribution >= 0.6 is 0 Å². The van der Waals surface area contributed by atoms with Crippen molar-refractivity contribution in [3.63, 3.8) is 0 Å². The highest BCUT2D eigenvalue weighted by Crippen LogP contribution is 2.36. The summed E-state index contributed by atoms with van der Waals surface area (Å²) in [7, 11) is 0. The van der Waals surface area contributed by atoms with E-state index < -0.39 is 0 Å². The molecule has 9 aromatic rings. The molecule has 0 saturated carbocycles. The number of para-hydroxylation sites is 3. The first kappa shape index (κ1) is 26.2. The Hall–Kier alpha value is -6.19. The number of rotatable bonds is 4. The molecule has 0 amide bonds. The summed E-state index contributed by atoms with van der Waals surface area (Å²) in [5.74, 6) is 0. The maximum Gasteiger partial charge on any atom is 0.263 e. The van der Waals surface area contributed by atoms with Gasteiger partial charge in [0.15, 0.2) is 0 Å². The molecule has 3 heteroatoms. The number of hydrogen-bond donors (Lipinski definition) is 0. The maximum absolute atomic E-state index is 13.7. The van der Waals surface area contributed by atoms with Crippen molar-refractivity contribution in [2.75, 3.05) is 0 Å². The van der Waals surface area contributed by atoms with Crippen molar-refractivity contribution in [3.05, 3.63) is 180 Å². The first-order valence-electron chi connectivity index (χ1n) is 15.6. The van der Waals surface area contributed by atoms with Gasteiger partial charge in [0, 0.05) is 32.9 Å². The number of aromatic nitrogens is 2. The van der Waals surface area contributed by atoms with Crippen LogP contribution in [-0.2, 0) is 0 Å². The summed E-state index contributed by atoms with van der Waals surface area (Å²) >= 11 is 0. The molecule has 0 aliphatic rings. The Bertz CT molecular complexity index is 2640. The van der Waals surface area contributed by atoms with E-state index in [2.05, 4.69) is 132 Å². The van der Waals surface area contributed by atoms with E-state index in [1.807, 2.05) is 47.0 Å². The van der Waals surface area contributed by atoms with Gasteiger partial charge in [0.1, 0.15) is 0 Å². The van der Waals surface area contributed by atoms with Crippen molar-refractivity contribution in [3.8, 4) is 33.6 Å². The second-order valence-corrected chi connectivity index (χ2v) is 11.8. The predicted molar refractivity (Wildman–Crippen MR) is 192 cm³/mol. The van der Waals surface area contributed by atoms with Gasteiger partial charge >= 0.3 is 0 Å². The number of fused-ring (bicyclic) bond motifs is 6. The zero-order chi connectivity index (χ0) is 30.6. The van der Waals surface area contributed by atoms with Gasteiger partial charge in [-0.1, -0.05) is 109 Å². The third-order valence-corrected chi connectivity index (χ3v) is 9.14. The van der Waals surface area contributed by atoms with E-state index in [0.29, 0.717) is 0 Å². The molecule has 0 unspecified atom stereocenters. The average molecular weight is 589 g/mol. The second-order valence-electron chi connectivity index (χ2n) is 11.8. The Morgan fingerprint density at radius 3 is 1.54 bits per heavy atom. The summed E-state index contributed by atoms with van der Waals surface area (Å²) in [6.07, 6.45) is 0. The van der Waals surface area contributed by atoms with E-state index in [0.717, 1.165) is 49.7 Å². The molecule has 2 heterocycles. The largest absolute Gasteiger partial charge is 0.309 e. The Balaban J connectivity index is 1.12. The molecular formula is C43H28N2O. The maximum atomic E-state index is 13.7. The van der Waals surface area contributed by atoms with Gasteiger partial charge in [-0.15, -0.1) is 0 Å². The van der Waals surface area contributed by atoms with Crippen LogP contribution in [-0.4, -0.2) is 9.13 Å². The van der Waals surface area contributed by atoms with Crippen LogP contribution in [0.2, 0.25) is 0 Å². The smallest absolute Gasteiger partial charge is 0.263 e. The van der Waals surface area contributed by atoms with E-state index in [9.17, 15) is 4.79 Å². The van der Waals surface area contributed by atoms with Crippen LogP contribution in [0.5, 0.6) is 0 Å². The number of pyridine rings is 1. The Labute approximate surface area is 265 Å². The summed E-state index contributed by atoms with van der Waals surface area (Å²) < 4.78 is 4.18. The molecule has 0 radical (unpaired) electrons. The van der Waals surface area contributed by atoms with Crippen molar-refractivity contribution < 1.29 is 0 Å². The van der Waals surface area contributed by atoms with E-state index in [-0.39, 0.29) is 5.56 Å². The van der Waals surface area contributed by atoms with E-state index >= 15 is 0 Å². The predicted octanol–water partition coefficient (Wildman–Crippen LogP) is 10.6. The molecule has 0 atom stereocenters. The number of nitrogens with zero attached hydrogens (tertiary/aromatic N) is 2. The van der Waals surface area contributed by atoms with Crippen LogP contribution in [0, 0.1) is 0 Å². The minimum atomic E-state index is -0.00643. The molecule has 0 N–H and O–H groups in total. The van der Waals surface area contributed by atoms with Crippen LogP contribution < -0.4 is 5.56 Å². The van der Waals surface area contributed by atoms with Crippen LogP contribution in [0.15, 0.2) is 175 Å². The second kappa shape index (κ2) is 10.5. The monoisotopic (exact) mass is 588 g/mol. The molecule has 0 spiro atoms. The van der Waals surface area contributed by atoms with Crippen LogP contribution in [0.1, 0.15) is 0 Å². The van der Waals surface area contributed by atoms with Crippen LogP contribution in [0.25, 0.3) is 77.1 Å². The van der Waals surface area contributed by atoms with Crippen LogP contribution in [0.3, 0.4) is 0 Å². The molecule has 2 aromatic heterocycles. The highest BCUT2D eigenvalue weighted by molar-refractivity contribution is 6.10. The minimum absolute atomic E-state index is 0.00643. The van der Waals surface area contributed by atoms with Gasteiger partial charge in [0.25, 0.3) is 5.56 Å². The van der Waals surface area contributed by atoms with Crippen molar-refractivity contribution >= 4 is 43.5 Å². The third-order valence-electron chi connectivity index (χ3n) is 9.14. The lowest BCUT2D eigenvalue weighted by atomic mass is 9.97. The molecule has 0 aliphatic heterocycles. The summed E-state index contributed by atoms with van der Waals surface area (Å²) in [5.41, 5.74) is 9.88. The van der Waals surface area contributed by atoms with Gasteiger partial charge < -0.3 is 4.57 Å². The molecule has 3 nitrogen and oxygen atoms in total. The zero-order valence-corrected chi connectivity index (χ0v) is 25.0. The van der Waals surface area contributed by atoms with Gasteiger partial charge in [-0.2, -0.15) is 0 Å². The molecule has 0 saturated heterocycles. The fourth-order valence-corrected chi connectivity index (χ4v) is 6.98. The quantitative estimate of drug-likeness (QED) is 0.188. The Morgan fingerprint density at radius 2 is 0.804 bits per heavy atom. The lowest BCUT2D eigenvalue weighted by molar-refractivity contribution is 1.06. The fraction of sp³-hybridized carbons (Fsp3) is 0. The van der Waals surface area contributed by atoms with E-state index in [4.69, 9.17) is 0 Å². The molecule has 216 valence electrons. The van der Waals surface area contributed by atoms with Gasteiger partial charge in [-0.05, 0) is 88.3 Å². The third kappa shape index (κ3) is 4.10. The average Bonchev–Trinajstić information content (AvgIpc) is 3.46. The van der Waals surface area contributed by atoms with Crippen LogP contribution in [0.4, 0.5) is 0 Å². The number of hydrogen-bond acceptors (Lipinski definition) is 1. The van der Waals surface area contributed by atoms with Gasteiger partial charge in [-0.25, -0.2) is 0 Å². The summed E-state index contributed by atoms with van der Waals surface area (Å²) in [5, 5.41) is 5.25. The standard InChI is InChI=1S/C43H28N2O/c46-43-38-18-5-4-15-35(38)36-16-6-9-20-41(36)45(43)34-24-21-29(22-25-34)30-11-10-12-31(27-30)32-23-26-42-39(28-32)37-17-7-8-19-40(37)44(42)33-13-2-1-3-14-33/h1-28H. The summed E-state index contributed by atoms with van der Waals surface area (Å²) in [6.45, 7) is 0. The van der Waals surface area contributed by atoms with Crippen molar-refractivity contribution in [2.24, 2.45) is 0 Å². The van der Waals surface area contributed by atoms with Crippen molar-refractivity contribution in [2.45, 2.75) is 0 Å². The normalized spacial score (nSPS) is 11.6. The Kier molecular flexibility index (Phi) is 5.97. The zero-order valence-electron chi connectivity index (χ0n) is 25.0. The SMILES string of the molecule is O=c1c2ccccc2c2ccccc2n1-c1ccc(-c2cccc(-c3ccc4c(c3)c3ccccc3n4-c3ccccc3)c2)cc1. The molecule has 0 fully saturated rings. The first-order chi connectivity index (χ1) is 22.7. The lowest BCUT2D eigenvalue weighted by Gasteiger charge is -2.14. The molecule has 9 rings (SSSR count). The fourth-order valence-electron chi connectivity index (χ4n) is 6.98.